The summed E-state index contributed by atoms with van der Waals surface area (Å²) in [5.41, 5.74) is 0. The number of carbonyl (C=O) groups excluding carboxylic acids is 1. The summed E-state index contributed by atoms with van der Waals surface area (Å²) in [5.74, 6) is -0.0715. The van der Waals surface area contributed by atoms with Gasteiger partial charge < -0.3 is 4.74 Å². The Morgan fingerprint density at radius 1 is 0.680 bits per heavy atom. The van der Waals surface area contributed by atoms with Gasteiger partial charge in [-0.05, 0) is 51.4 Å². The van der Waals surface area contributed by atoms with E-state index in [1.807, 2.05) is 6.92 Å². The van der Waals surface area contributed by atoms with Gasteiger partial charge in [-0.3, -0.25) is 4.79 Å². The SMILES string of the molecule is CCCCCC=CCC=CCC=CC/C=C\CCCC(=O)OCCC. The lowest BCUT2D eigenvalue weighted by molar-refractivity contribution is -0.143. The quantitative estimate of drug-likeness (QED) is 0.169. The molecule has 0 saturated heterocycles. The molecule has 0 aromatic carbocycles. The van der Waals surface area contributed by atoms with E-state index < -0.39 is 0 Å². The second-order valence-corrected chi connectivity index (χ2v) is 6.20. The van der Waals surface area contributed by atoms with Crippen LogP contribution in [0, 0.1) is 0 Å². The number of unbranched alkanes of at least 4 members (excludes halogenated alkanes) is 4. The zero-order valence-electron chi connectivity index (χ0n) is 16.4. The summed E-state index contributed by atoms with van der Waals surface area (Å²) in [6.07, 6.45) is 29.1. The lowest BCUT2D eigenvalue weighted by atomic mass is 10.2. The molecule has 142 valence electrons. The molecule has 0 rings (SSSR count). The van der Waals surface area contributed by atoms with Gasteiger partial charge in [-0.25, -0.2) is 0 Å². The molecule has 0 atom stereocenters. The zero-order chi connectivity index (χ0) is 18.4. The van der Waals surface area contributed by atoms with Gasteiger partial charge >= 0.3 is 5.97 Å². The van der Waals surface area contributed by atoms with Crippen LogP contribution < -0.4 is 0 Å². The van der Waals surface area contributed by atoms with E-state index >= 15 is 0 Å². The highest BCUT2D eigenvalue weighted by Gasteiger charge is 1.99. The van der Waals surface area contributed by atoms with E-state index in [4.69, 9.17) is 4.74 Å². The molecule has 0 heterocycles. The fourth-order valence-corrected chi connectivity index (χ4v) is 2.21. The van der Waals surface area contributed by atoms with Crippen LogP contribution in [0.15, 0.2) is 48.6 Å². The van der Waals surface area contributed by atoms with Crippen LogP contribution >= 0.6 is 0 Å². The Morgan fingerprint density at radius 2 is 1.20 bits per heavy atom. The number of rotatable bonds is 16. The Morgan fingerprint density at radius 3 is 1.72 bits per heavy atom. The van der Waals surface area contributed by atoms with Gasteiger partial charge in [0.15, 0.2) is 0 Å². The van der Waals surface area contributed by atoms with Gasteiger partial charge in [-0.15, -0.1) is 0 Å². The predicted molar refractivity (Wildman–Crippen MR) is 110 cm³/mol. The maximum atomic E-state index is 11.3. The molecule has 2 nitrogen and oxygen atoms in total. The topological polar surface area (TPSA) is 26.3 Å². The molecule has 0 spiro atoms. The van der Waals surface area contributed by atoms with Gasteiger partial charge in [0.25, 0.3) is 0 Å². The van der Waals surface area contributed by atoms with Crippen LogP contribution in [0.1, 0.15) is 84.5 Å². The molecule has 0 aliphatic carbocycles. The second kappa shape index (κ2) is 20.5. The van der Waals surface area contributed by atoms with Gasteiger partial charge in [0.05, 0.1) is 6.61 Å². The number of ether oxygens (including phenoxy) is 1. The average molecular weight is 347 g/mol. The second-order valence-electron chi connectivity index (χ2n) is 6.20. The molecule has 0 aliphatic rings. The molecule has 0 saturated carbocycles. The van der Waals surface area contributed by atoms with Gasteiger partial charge in [0.2, 0.25) is 0 Å². The van der Waals surface area contributed by atoms with E-state index in [9.17, 15) is 4.79 Å². The van der Waals surface area contributed by atoms with Crippen molar-refractivity contribution in [2.75, 3.05) is 6.61 Å². The van der Waals surface area contributed by atoms with Gasteiger partial charge in [0.1, 0.15) is 0 Å². The molecular formula is C23H38O2. The third-order valence-electron chi connectivity index (χ3n) is 3.68. The summed E-state index contributed by atoms with van der Waals surface area (Å²) < 4.78 is 5.04. The molecule has 0 fully saturated rings. The first kappa shape index (κ1) is 23.4. The molecule has 0 radical (unpaired) electrons. The molecule has 2 heteroatoms. The Hall–Kier alpha value is -1.57. The summed E-state index contributed by atoms with van der Waals surface area (Å²) in [5, 5.41) is 0. The third kappa shape index (κ3) is 20.4. The predicted octanol–water partition coefficient (Wildman–Crippen LogP) is 7.09. The van der Waals surface area contributed by atoms with Crippen molar-refractivity contribution in [3.05, 3.63) is 48.6 Å². The Labute approximate surface area is 155 Å². The molecule has 25 heavy (non-hydrogen) atoms. The smallest absolute Gasteiger partial charge is 0.305 e. The number of allylic oxidation sites excluding steroid dienone is 8. The monoisotopic (exact) mass is 346 g/mol. The maximum Gasteiger partial charge on any atom is 0.305 e. The van der Waals surface area contributed by atoms with Crippen molar-refractivity contribution >= 4 is 5.97 Å². The molecule has 0 N–H and O–H groups in total. The zero-order valence-corrected chi connectivity index (χ0v) is 16.4. The first-order valence-corrected chi connectivity index (χ1v) is 10.1. The van der Waals surface area contributed by atoms with Crippen LogP contribution in [-0.4, -0.2) is 12.6 Å². The highest BCUT2D eigenvalue weighted by Crippen LogP contribution is 2.02. The maximum absolute atomic E-state index is 11.3. The summed E-state index contributed by atoms with van der Waals surface area (Å²) in [7, 11) is 0. The molecular weight excluding hydrogens is 308 g/mol. The highest BCUT2D eigenvalue weighted by molar-refractivity contribution is 5.69. The van der Waals surface area contributed by atoms with E-state index in [1.54, 1.807) is 0 Å². The van der Waals surface area contributed by atoms with Crippen LogP contribution in [0.3, 0.4) is 0 Å². The minimum Gasteiger partial charge on any atom is -0.466 e. The van der Waals surface area contributed by atoms with E-state index in [1.165, 1.54) is 25.7 Å². The third-order valence-corrected chi connectivity index (χ3v) is 3.68. The number of hydrogen-bond donors (Lipinski definition) is 0. The van der Waals surface area contributed by atoms with Crippen molar-refractivity contribution in [1.29, 1.82) is 0 Å². The van der Waals surface area contributed by atoms with Gasteiger partial charge in [-0.2, -0.15) is 0 Å². The van der Waals surface area contributed by atoms with E-state index in [0.717, 1.165) is 38.5 Å². The lowest BCUT2D eigenvalue weighted by Crippen LogP contribution is -2.04. The molecule has 0 amide bonds. The number of carbonyl (C=O) groups is 1. The van der Waals surface area contributed by atoms with E-state index in [0.29, 0.717) is 13.0 Å². The van der Waals surface area contributed by atoms with Crippen molar-refractivity contribution in [2.45, 2.75) is 84.5 Å². The first-order chi connectivity index (χ1) is 12.3. The summed E-state index contributed by atoms with van der Waals surface area (Å²) in [4.78, 5) is 11.3. The average Bonchev–Trinajstić information content (AvgIpc) is 2.62. The van der Waals surface area contributed by atoms with Crippen LogP contribution in [0.4, 0.5) is 0 Å². The van der Waals surface area contributed by atoms with Crippen LogP contribution in [0.5, 0.6) is 0 Å². The summed E-state index contributed by atoms with van der Waals surface area (Å²) >= 11 is 0. The Kier molecular flexibility index (Phi) is 19.2. The van der Waals surface area contributed by atoms with Gasteiger partial charge in [-0.1, -0.05) is 75.3 Å². The molecule has 0 bridgehead atoms. The summed E-state index contributed by atoms with van der Waals surface area (Å²) in [6.45, 7) is 4.79. The van der Waals surface area contributed by atoms with E-state index in [2.05, 4.69) is 55.5 Å². The van der Waals surface area contributed by atoms with Crippen LogP contribution in [-0.2, 0) is 9.53 Å². The highest BCUT2D eigenvalue weighted by atomic mass is 16.5. The van der Waals surface area contributed by atoms with Crippen molar-refractivity contribution in [3.8, 4) is 0 Å². The normalized spacial score (nSPS) is 12.2. The molecule has 0 aromatic heterocycles. The van der Waals surface area contributed by atoms with Gasteiger partial charge in [0, 0.05) is 6.42 Å². The standard InChI is InChI=1S/C23H38O2/c1-3-5-6-7-8-9-10-11-12-13-14-15-16-17-18-19-20-21-23(24)25-22-4-2/h8-9,11-12,14-15,17-18H,3-7,10,13,16,19-22H2,1-2H3/b9-8?,12-11?,15-14?,18-17-. The van der Waals surface area contributed by atoms with Crippen molar-refractivity contribution < 1.29 is 9.53 Å². The van der Waals surface area contributed by atoms with Crippen molar-refractivity contribution in [2.24, 2.45) is 0 Å². The largest absolute Gasteiger partial charge is 0.466 e. The van der Waals surface area contributed by atoms with Crippen LogP contribution in [0.2, 0.25) is 0 Å². The fraction of sp³-hybridized carbons (Fsp3) is 0.609. The van der Waals surface area contributed by atoms with Crippen molar-refractivity contribution in [3.63, 3.8) is 0 Å². The Balaban J connectivity index is 3.44. The van der Waals surface area contributed by atoms with E-state index in [-0.39, 0.29) is 5.97 Å². The lowest BCUT2D eigenvalue weighted by Gasteiger charge is -2.00. The fourth-order valence-electron chi connectivity index (χ4n) is 2.21. The molecule has 0 unspecified atom stereocenters. The number of hydrogen-bond acceptors (Lipinski definition) is 2. The van der Waals surface area contributed by atoms with Crippen LogP contribution in [0.25, 0.3) is 0 Å². The van der Waals surface area contributed by atoms with Crippen molar-refractivity contribution in [1.82, 2.24) is 0 Å². The number of esters is 1. The minimum atomic E-state index is -0.0715. The Bertz CT molecular complexity index is 402. The summed E-state index contributed by atoms with van der Waals surface area (Å²) in [6, 6.07) is 0. The minimum absolute atomic E-state index is 0.0715. The first-order valence-electron chi connectivity index (χ1n) is 10.1. The molecule has 0 aromatic rings. The molecule has 0 aliphatic heterocycles.